The highest BCUT2D eigenvalue weighted by molar-refractivity contribution is 7.12. The van der Waals surface area contributed by atoms with Crippen LogP contribution >= 0.6 is 11.3 Å². The van der Waals surface area contributed by atoms with Crippen molar-refractivity contribution >= 4 is 17.0 Å². The van der Waals surface area contributed by atoms with Crippen molar-refractivity contribution < 1.29 is 4.84 Å². The zero-order valence-electron chi connectivity index (χ0n) is 12.5. The summed E-state index contributed by atoms with van der Waals surface area (Å²) in [6, 6.07) is 2.33. The molecule has 4 heteroatoms. The van der Waals surface area contributed by atoms with Gasteiger partial charge in [0.15, 0.2) is 0 Å². The van der Waals surface area contributed by atoms with E-state index in [1.807, 2.05) is 11.3 Å². The van der Waals surface area contributed by atoms with Gasteiger partial charge in [-0.1, -0.05) is 24.4 Å². The highest BCUT2D eigenvalue weighted by Gasteiger charge is 2.43. The molecule has 3 nitrogen and oxygen atoms in total. The molecule has 0 radical (unpaired) electrons. The first-order chi connectivity index (χ1) is 9.71. The minimum absolute atomic E-state index is 0.386. The molecule has 2 aliphatic rings. The van der Waals surface area contributed by atoms with E-state index in [1.54, 1.807) is 5.56 Å². The topological polar surface area (TPSA) is 24.8 Å². The summed E-state index contributed by atoms with van der Waals surface area (Å²) >= 11 is 1.83. The summed E-state index contributed by atoms with van der Waals surface area (Å²) in [6.45, 7) is 1.59. The lowest BCUT2D eigenvalue weighted by atomic mass is 9.71. The largest absolute Gasteiger partial charge is 0.394 e. The Morgan fingerprint density at radius 2 is 2.10 bits per heavy atom. The predicted octanol–water partition coefficient (Wildman–Crippen LogP) is 3.64. The molecule has 0 amide bonds. The van der Waals surface area contributed by atoms with Crippen LogP contribution in [-0.2, 0) is 10.3 Å². The van der Waals surface area contributed by atoms with Gasteiger partial charge in [-0.15, -0.1) is 11.3 Å². The van der Waals surface area contributed by atoms with Crippen molar-refractivity contribution in [2.75, 3.05) is 27.2 Å². The second-order valence-corrected chi connectivity index (χ2v) is 7.27. The lowest BCUT2D eigenvalue weighted by Crippen LogP contribution is -2.26. The molecule has 1 saturated carbocycles. The van der Waals surface area contributed by atoms with Gasteiger partial charge in [-0.25, -0.2) is 0 Å². The smallest absolute Gasteiger partial charge is 0.129 e. The third-order valence-electron chi connectivity index (χ3n) is 4.62. The Hall–Kier alpha value is -0.870. The van der Waals surface area contributed by atoms with Gasteiger partial charge in [0, 0.05) is 18.4 Å². The molecule has 1 heterocycles. The Kier molecular flexibility index (Phi) is 4.13. The zero-order valence-corrected chi connectivity index (χ0v) is 13.3. The summed E-state index contributed by atoms with van der Waals surface area (Å²) in [7, 11) is 4.11. The molecule has 3 rings (SSSR count). The van der Waals surface area contributed by atoms with Crippen LogP contribution in [-0.4, -0.2) is 37.9 Å². The molecule has 0 saturated heterocycles. The van der Waals surface area contributed by atoms with Gasteiger partial charge in [0.1, 0.15) is 6.61 Å². The van der Waals surface area contributed by atoms with Crippen LogP contribution in [0.4, 0.5) is 0 Å². The van der Waals surface area contributed by atoms with Gasteiger partial charge in [-0.3, -0.25) is 0 Å². The Bertz CT molecular complexity index is 486. The molecule has 0 unspecified atom stereocenters. The fourth-order valence-corrected chi connectivity index (χ4v) is 4.54. The lowest BCUT2D eigenvalue weighted by Gasteiger charge is -2.33. The van der Waals surface area contributed by atoms with Gasteiger partial charge in [0.05, 0.1) is 10.6 Å². The van der Waals surface area contributed by atoms with Gasteiger partial charge in [-0.05, 0) is 43.9 Å². The second kappa shape index (κ2) is 5.86. The zero-order chi connectivity index (χ0) is 14.0. The van der Waals surface area contributed by atoms with Crippen LogP contribution in [0.1, 0.15) is 49.0 Å². The Morgan fingerprint density at radius 1 is 1.30 bits per heavy atom. The SMILES string of the molecule is CN(C)CCON=C1CC2(CCCCC2)c2ccsc21. The molecular weight excluding hydrogens is 268 g/mol. The predicted molar refractivity (Wildman–Crippen MR) is 84.7 cm³/mol. The summed E-state index contributed by atoms with van der Waals surface area (Å²) < 4.78 is 0. The molecule has 1 spiro atoms. The summed E-state index contributed by atoms with van der Waals surface area (Å²) in [5.74, 6) is 0. The number of nitrogens with zero attached hydrogens (tertiary/aromatic N) is 2. The molecule has 0 aromatic carbocycles. The van der Waals surface area contributed by atoms with Crippen LogP contribution in [0, 0.1) is 0 Å². The third-order valence-corrected chi connectivity index (χ3v) is 5.58. The van der Waals surface area contributed by atoms with Crippen LogP contribution in [0.5, 0.6) is 0 Å². The van der Waals surface area contributed by atoms with E-state index in [0.29, 0.717) is 12.0 Å². The van der Waals surface area contributed by atoms with Gasteiger partial charge >= 0.3 is 0 Å². The van der Waals surface area contributed by atoms with E-state index in [9.17, 15) is 0 Å². The average Bonchev–Trinajstić information content (AvgIpc) is 3.01. The fraction of sp³-hybridized carbons (Fsp3) is 0.688. The van der Waals surface area contributed by atoms with Crippen LogP contribution in [0.15, 0.2) is 16.6 Å². The van der Waals surface area contributed by atoms with E-state index in [2.05, 4.69) is 35.6 Å². The second-order valence-electron chi connectivity index (χ2n) is 6.36. The van der Waals surface area contributed by atoms with Crippen molar-refractivity contribution in [2.45, 2.75) is 43.9 Å². The van der Waals surface area contributed by atoms with Crippen molar-refractivity contribution in [3.8, 4) is 0 Å². The average molecular weight is 292 g/mol. The minimum Gasteiger partial charge on any atom is -0.394 e. The summed E-state index contributed by atoms with van der Waals surface area (Å²) in [6.07, 6.45) is 7.87. The van der Waals surface area contributed by atoms with E-state index < -0.39 is 0 Å². The Balaban J connectivity index is 1.73. The quantitative estimate of drug-likeness (QED) is 0.625. The molecule has 0 bridgehead atoms. The molecule has 1 aromatic heterocycles. The molecular formula is C16H24N2OS. The maximum atomic E-state index is 5.54. The molecule has 20 heavy (non-hydrogen) atoms. The molecule has 2 aliphatic carbocycles. The molecule has 0 atom stereocenters. The van der Waals surface area contributed by atoms with Crippen LogP contribution in [0.25, 0.3) is 0 Å². The first-order valence-electron chi connectivity index (χ1n) is 7.63. The van der Waals surface area contributed by atoms with Crippen molar-refractivity contribution in [2.24, 2.45) is 5.16 Å². The summed E-state index contributed by atoms with van der Waals surface area (Å²) in [5, 5.41) is 6.68. The first kappa shape index (κ1) is 14.1. The van der Waals surface area contributed by atoms with Crippen molar-refractivity contribution in [3.05, 3.63) is 21.9 Å². The number of fused-ring (bicyclic) bond motifs is 2. The van der Waals surface area contributed by atoms with Crippen molar-refractivity contribution in [3.63, 3.8) is 0 Å². The van der Waals surface area contributed by atoms with E-state index in [4.69, 9.17) is 4.84 Å². The lowest BCUT2D eigenvalue weighted by molar-refractivity contribution is 0.125. The maximum Gasteiger partial charge on any atom is 0.129 e. The molecule has 0 N–H and O–H groups in total. The highest BCUT2D eigenvalue weighted by atomic mass is 32.1. The third kappa shape index (κ3) is 2.63. The summed E-state index contributed by atoms with van der Waals surface area (Å²) in [5.41, 5.74) is 3.13. The highest BCUT2D eigenvalue weighted by Crippen LogP contribution is 2.50. The van der Waals surface area contributed by atoms with Gasteiger partial charge < -0.3 is 9.74 Å². The Labute approximate surface area is 125 Å². The van der Waals surface area contributed by atoms with E-state index in [-0.39, 0.29) is 0 Å². The molecule has 0 aliphatic heterocycles. The molecule has 1 aromatic rings. The molecule has 1 fully saturated rings. The number of oxime groups is 1. The van der Waals surface area contributed by atoms with Gasteiger partial charge in [0.2, 0.25) is 0 Å². The number of hydrogen-bond acceptors (Lipinski definition) is 4. The van der Waals surface area contributed by atoms with Crippen LogP contribution in [0.2, 0.25) is 0 Å². The van der Waals surface area contributed by atoms with E-state index >= 15 is 0 Å². The van der Waals surface area contributed by atoms with Crippen molar-refractivity contribution in [1.29, 1.82) is 0 Å². The standard InChI is InChI=1S/C16H24N2OS/c1-18(2)9-10-19-17-14-12-16(7-4-3-5-8-16)13-6-11-20-15(13)14/h6,11H,3-5,7-10,12H2,1-2H3. The number of rotatable bonds is 4. The fourth-order valence-electron chi connectivity index (χ4n) is 3.54. The van der Waals surface area contributed by atoms with Crippen LogP contribution in [0.3, 0.4) is 0 Å². The number of likely N-dealkylation sites (N-methyl/N-ethyl adjacent to an activating group) is 1. The van der Waals surface area contributed by atoms with Gasteiger partial charge in [-0.2, -0.15) is 0 Å². The number of hydrogen-bond donors (Lipinski definition) is 0. The van der Waals surface area contributed by atoms with Crippen molar-refractivity contribution in [1.82, 2.24) is 4.90 Å². The normalized spacial score (nSPS) is 22.6. The summed E-state index contributed by atoms with van der Waals surface area (Å²) in [4.78, 5) is 9.05. The maximum absolute atomic E-state index is 5.54. The minimum atomic E-state index is 0.386. The van der Waals surface area contributed by atoms with Crippen LogP contribution < -0.4 is 0 Å². The monoisotopic (exact) mass is 292 g/mol. The Morgan fingerprint density at radius 3 is 2.85 bits per heavy atom. The number of thiophene rings is 1. The van der Waals surface area contributed by atoms with E-state index in [0.717, 1.165) is 13.0 Å². The molecule has 110 valence electrons. The first-order valence-corrected chi connectivity index (χ1v) is 8.51. The van der Waals surface area contributed by atoms with Gasteiger partial charge in [0.25, 0.3) is 0 Å². The van der Waals surface area contributed by atoms with E-state index in [1.165, 1.54) is 42.7 Å².